The summed E-state index contributed by atoms with van der Waals surface area (Å²) in [7, 11) is 1.89. The molecular weight excluding hydrogens is 240 g/mol. The number of benzene rings is 1. The first-order valence-corrected chi connectivity index (χ1v) is 6.57. The van der Waals surface area contributed by atoms with E-state index in [4.69, 9.17) is 0 Å². The summed E-state index contributed by atoms with van der Waals surface area (Å²) in [4.78, 5) is 0. The Kier molecular flexibility index (Phi) is 3.65. The van der Waals surface area contributed by atoms with Crippen LogP contribution in [0.5, 0.6) is 0 Å². The third-order valence-corrected chi connectivity index (χ3v) is 3.49. The summed E-state index contributed by atoms with van der Waals surface area (Å²) in [6.07, 6.45) is -1.22. The molecule has 2 rings (SSSR count). The van der Waals surface area contributed by atoms with Crippen molar-refractivity contribution in [3.8, 4) is 0 Å². The highest BCUT2D eigenvalue weighted by Gasteiger charge is 2.30. The average molecular weight is 262 g/mol. The highest BCUT2D eigenvalue weighted by atomic mass is 16.3. The first-order valence-electron chi connectivity index (χ1n) is 6.57. The number of fused-ring (bicyclic) bond motifs is 1. The molecule has 0 aliphatic carbocycles. The Morgan fingerprint density at radius 2 is 1.84 bits per heavy atom. The molecule has 104 valence electrons. The second-order valence-corrected chi connectivity index (χ2v) is 6.17. The summed E-state index contributed by atoms with van der Waals surface area (Å²) in [5.74, 6) is 0. The fraction of sp³-hybridized carbons (Fsp3) is 0.533. The molecule has 1 aromatic carbocycles. The van der Waals surface area contributed by atoms with Gasteiger partial charge in [0.25, 0.3) is 0 Å². The van der Waals surface area contributed by atoms with Gasteiger partial charge in [0, 0.05) is 18.9 Å². The maximum Gasteiger partial charge on any atom is 0.0860 e. The number of para-hydroxylation sites is 1. The molecule has 0 saturated heterocycles. The average Bonchev–Trinajstić information content (AvgIpc) is 2.65. The molecule has 4 nitrogen and oxygen atoms in total. The Labute approximate surface area is 113 Å². The fourth-order valence-corrected chi connectivity index (χ4v) is 2.33. The van der Waals surface area contributed by atoms with Gasteiger partial charge in [-0.3, -0.25) is 4.68 Å². The normalized spacial score (nSPS) is 15.7. The largest absolute Gasteiger partial charge is 0.390 e. The van der Waals surface area contributed by atoms with Crippen molar-refractivity contribution in [3.05, 3.63) is 30.0 Å². The van der Waals surface area contributed by atoms with Crippen molar-refractivity contribution in [2.24, 2.45) is 12.5 Å². The standard InChI is InChI=1S/C15H22N2O2/c1-15(2,3)14(19)13(18)9-11-10-7-5-6-8-12(10)17(4)16-11/h5-8,13-14,18-19H,9H2,1-4H3. The van der Waals surface area contributed by atoms with E-state index in [0.29, 0.717) is 6.42 Å². The van der Waals surface area contributed by atoms with Gasteiger partial charge >= 0.3 is 0 Å². The predicted octanol–water partition coefficient (Wildman–Crippen LogP) is 1.88. The molecule has 2 N–H and O–H groups in total. The molecule has 2 atom stereocenters. The SMILES string of the molecule is Cn1nc(CC(O)C(O)C(C)(C)C)c2ccccc21. The lowest BCUT2D eigenvalue weighted by atomic mass is 9.84. The molecule has 2 aromatic rings. The van der Waals surface area contributed by atoms with Crippen molar-refractivity contribution in [2.45, 2.75) is 39.4 Å². The van der Waals surface area contributed by atoms with Crippen molar-refractivity contribution >= 4 is 10.9 Å². The fourth-order valence-electron chi connectivity index (χ4n) is 2.33. The summed E-state index contributed by atoms with van der Waals surface area (Å²) < 4.78 is 1.81. The number of aryl methyl sites for hydroxylation is 1. The minimum atomic E-state index is -0.807. The lowest BCUT2D eigenvalue weighted by Gasteiger charge is -2.29. The smallest absolute Gasteiger partial charge is 0.0860 e. The van der Waals surface area contributed by atoms with Crippen molar-refractivity contribution in [2.75, 3.05) is 0 Å². The molecule has 4 heteroatoms. The van der Waals surface area contributed by atoms with Crippen LogP contribution in [0.2, 0.25) is 0 Å². The van der Waals surface area contributed by atoms with Gasteiger partial charge in [0.1, 0.15) is 0 Å². The maximum atomic E-state index is 10.2. The van der Waals surface area contributed by atoms with Crippen LogP contribution < -0.4 is 0 Å². The van der Waals surface area contributed by atoms with Gasteiger partial charge in [-0.15, -0.1) is 0 Å². The van der Waals surface area contributed by atoms with E-state index < -0.39 is 12.2 Å². The van der Waals surface area contributed by atoms with Crippen LogP contribution in [0, 0.1) is 5.41 Å². The second kappa shape index (κ2) is 4.94. The van der Waals surface area contributed by atoms with Crippen molar-refractivity contribution in [3.63, 3.8) is 0 Å². The number of aliphatic hydroxyl groups excluding tert-OH is 2. The van der Waals surface area contributed by atoms with Crippen LogP contribution in [0.15, 0.2) is 24.3 Å². The van der Waals surface area contributed by atoms with Gasteiger partial charge in [0.2, 0.25) is 0 Å². The van der Waals surface area contributed by atoms with Crippen molar-refractivity contribution in [1.29, 1.82) is 0 Å². The molecule has 2 unspecified atom stereocenters. The van der Waals surface area contributed by atoms with Crippen LogP contribution in [0.4, 0.5) is 0 Å². The van der Waals surface area contributed by atoms with E-state index >= 15 is 0 Å². The highest BCUT2D eigenvalue weighted by molar-refractivity contribution is 5.81. The van der Waals surface area contributed by atoms with Gasteiger partial charge in [-0.2, -0.15) is 5.10 Å². The lowest BCUT2D eigenvalue weighted by molar-refractivity contribution is -0.0436. The molecule has 0 aliphatic rings. The first kappa shape index (κ1) is 14.0. The van der Waals surface area contributed by atoms with Gasteiger partial charge in [-0.05, 0) is 11.5 Å². The second-order valence-electron chi connectivity index (χ2n) is 6.17. The van der Waals surface area contributed by atoms with Crippen LogP contribution in [0.3, 0.4) is 0 Å². The minimum Gasteiger partial charge on any atom is -0.390 e. The molecule has 0 radical (unpaired) electrons. The third kappa shape index (κ3) is 2.80. The molecule has 0 spiro atoms. The van der Waals surface area contributed by atoms with E-state index in [0.717, 1.165) is 16.6 Å². The zero-order valence-corrected chi connectivity index (χ0v) is 12.0. The van der Waals surface area contributed by atoms with E-state index in [9.17, 15) is 10.2 Å². The Morgan fingerprint density at radius 3 is 2.47 bits per heavy atom. The monoisotopic (exact) mass is 262 g/mol. The molecule has 0 fully saturated rings. The number of rotatable bonds is 3. The Morgan fingerprint density at radius 1 is 1.21 bits per heavy atom. The van der Waals surface area contributed by atoms with Crippen molar-refractivity contribution in [1.82, 2.24) is 9.78 Å². The maximum absolute atomic E-state index is 10.2. The number of nitrogens with zero attached hydrogens (tertiary/aromatic N) is 2. The number of aromatic nitrogens is 2. The van der Waals surface area contributed by atoms with Crippen LogP contribution in [-0.4, -0.2) is 32.2 Å². The van der Waals surface area contributed by atoms with E-state index in [2.05, 4.69) is 5.10 Å². The topological polar surface area (TPSA) is 58.3 Å². The van der Waals surface area contributed by atoms with Gasteiger partial charge in [0.15, 0.2) is 0 Å². The van der Waals surface area contributed by atoms with Crippen molar-refractivity contribution < 1.29 is 10.2 Å². The zero-order chi connectivity index (χ0) is 14.2. The molecule has 19 heavy (non-hydrogen) atoms. The van der Waals surface area contributed by atoms with Crippen LogP contribution in [0.1, 0.15) is 26.5 Å². The Hall–Kier alpha value is -1.39. The van der Waals surface area contributed by atoms with Gasteiger partial charge in [0.05, 0.1) is 23.4 Å². The Balaban J connectivity index is 2.27. The minimum absolute atomic E-state index is 0.343. The highest BCUT2D eigenvalue weighted by Crippen LogP contribution is 2.25. The van der Waals surface area contributed by atoms with E-state index in [1.807, 2.05) is 52.1 Å². The lowest BCUT2D eigenvalue weighted by Crippen LogP contribution is -2.39. The van der Waals surface area contributed by atoms with Crippen LogP contribution in [-0.2, 0) is 13.5 Å². The molecule has 1 aromatic heterocycles. The molecule has 1 heterocycles. The molecule has 0 aliphatic heterocycles. The van der Waals surface area contributed by atoms with Gasteiger partial charge in [-0.25, -0.2) is 0 Å². The quantitative estimate of drug-likeness (QED) is 0.888. The summed E-state index contributed by atoms with van der Waals surface area (Å²) in [5.41, 5.74) is 1.52. The summed E-state index contributed by atoms with van der Waals surface area (Å²) in [6.45, 7) is 5.74. The van der Waals surface area contributed by atoms with Gasteiger partial charge in [-0.1, -0.05) is 39.0 Å². The molecular formula is C15H22N2O2. The number of hydrogen-bond acceptors (Lipinski definition) is 3. The molecule has 0 bridgehead atoms. The van der Waals surface area contributed by atoms with E-state index in [1.54, 1.807) is 4.68 Å². The van der Waals surface area contributed by atoms with E-state index in [-0.39, 0.29) is 5.41 Å². The van der Waals surface area contributed by atoms with Crippen LogP contribution in [0.25, 0.3) is 10.9 Å². The van der Waals surface area contributed by atoms with E-state index in [1.165, 1.54) is 0 Å². The molecule has 0 saturated carbocycles. The Bertz CT molecular complexity index is 569. The number of hydrogen-bond donors (Lipinski definition) is 2. The summed E-state index contributed by atoms with van der Waals surface area (Å²) in [5, 5.41) is 25.8. The zero-order valence-electron chi connectivity index (χ0n) is 12.0. The third-order valence-electron chi connectivity index (χ3n) is 3.49. The number of aliphatic hydroxyl groups is 2. The first-order chi connectivity index (χ1) is 8.80. The predicted molar refractivity (Wildman–Crippen MR) is 75.9 cm³/mol. The summed E-state index contributed by atoms with van der Waals surface area (Å²) in [6, 6.07) is 7.92. The van der Waals surface area contributed by atoms with Crippen LogP contribution >= 0.6 is 0 Å². The molecule has 0 amide bonds. The summed E-state index contributed by atoms with van der Waals surface area (Å²) >= 11 is 0. The van der Waals surface area contributed by atoms with Gasteiger partial charge < -0.3 is 10.2 Å².